The Morgan fingerprint density at radius 1 is 0.958 bits per heavy atom. The van der Waals surface area contributed by atoms with Crippen LogP contribution in [-0.4, -0.2) is 31.5 Å². The summed E-state index contributed by atoms with van der Waals surface area (Å²) in [7, 11) is 0. The van der Waals surface area contributed by atoms with Crippen LogP contribution in [-0.2, 0) is 6.54 Å². The molecule has 2 aromatic rings. The standard InChI is InChI=1S/C20H27NO3/c1-15-7-8-16(2)20(17(15)3)24-12-11-23-19-6-4-5-18(13-19)14-21-9-10-22/h4-8,13,21-22H,9-12,14H2,1-3H3. The van der Waals surface area contributed by atoms with E-state index in [1.165, 1.54) is 11.1 Å². The van der Waals surface area contributed by atoms with Gasteiger partial charge in [0.05, 0.1) is 6.61 Å². The van der Waals surface area contributed by atoms with Crippen molar-refractivity contribution < 1.29 is 14.6 Å². The molecule has 0 saturated carbocycles. The Kier molecular flexibility index (Phi) is 7.09. The van der Waals surface area contributed by atoms with Crippen LogP contribution in [0.15, 0.2) is 36.4 Å². The van der Waals surface area contributed by atoms with E-state index < -0.39 is 0 Å². The fourth-order valence-electron chi connectivity index (χ4n) is 2.51. The zero-order chi connectivity index (χ0) is 17.4. The molecule has 0 unspecified atom stereocenters. The summed E-state index contributed by atoms with van der Waals surface area (Å²) in [5, 5.41) is 11.9. The quantitative estimate of drug-likeness (QED) is 0.694. The first-order valence-electron chi connectivity index (χ1n) is 8.34. The van der Waals surface area contributed by atoms with Crippen LogP contribution in [0.3, 0.4) is 0 Å². The Hall–Kier alpha value is -2.04. The van der Waals surface area contributed by atoms with Crippen LogP contribution < -0.4 is 14.8 Å². The molecule has 0 aromatic heterocycles. The minimum Gasteiger partial charge on any atom is -0.490 e. The number of nitrogens with one attached hydrogen (secondary N) is 1. The van der Waals surface area contributed by atoms with Crippen LogP contribution in [0.1, 0.15) is 22.3 Å². The molecule has 4 nitrogen and oxygen atoms in total. The smallest absolute Gasteiger partial charge is 0.125 e. The average molecular weight is 329 g/mol. The summed E-state index contributed by atoms with van der Waals surface area (Å²) in [6.45, 7) is 8.70. The molecule has 0 atom stereocenters. The molecule has 0 aliphatic carbocycles. The molecule has 0 radical (unpaired) electrons. The van der Waals surface area contributed by atoms with Gasteiger partial charge in [0.15, 0.2) is 0 Å². The van der Waals surface area contributed by atoms with Crippen molar-refractivity contribution in [1.82, 2.24) is 5.32 Å². The monoisotopic (exact) mass is 329 g/mol. The van der Waals surface area contributed by atoms with Gasteiger partial charge in [0.1, 0.15) is 24.7 Å². The van der Waals surface area contributed by atoms with E-state index in [-0.39, 0.29) is 6.61 Å². The van der Waals surface area contributed by atoms with Crippen molar-refractivity contribution in [3.05, 3.63) is 58.7 Å². The molecule has 0 bridgehead atoms. The van der Waals surface area contributed by atoms with Gasteiger partial charge < -0.3 is 19.9 Å². The molecule has 2 rings (SSSR count). The van der Waals surface area contributed by atoms with Gasteiger partial charge in [-0.3, -0.25) is 0 Å². The van der Waals surface area contributed by atoms with E-state index in [0.29, 0.717) is 19.8 Å². The Morgan fingerprint density at radius 2 is 1.71 bits per heavy atom. The molecule has 0 aliphatic rings. The molecule has 0 spiro atoms. The van der Waals surface area contributed by atoms with Gasteiger partial charge in [0, 0.05) is 13.1 Å². The summed E-state index contributed by atoms with van der Waals surface area (Å²) in [5.74, 6) is 1.79. The number of hydrogen-bond acceptors (Lipinski definition) is 4. The lowest BCUT2D eigenvalue weighted by molar-refractivity contribution is 0.215. The second-order valence-electron chi connectivity index (χ2n) is 5.90. The van der Waals surface area contributed by atoms with E-state index in [9.17, 15) is 0 Å². The maximum atomic E-state index is 8.79. The van der Waals surface area contributed by atoms with Crippen LogP contribution in [0.25, 0.3) is 0 Å². The highest BCUT2D eigenvalue weighted by molar-refractivity contribution is 5.44. The molecule has 0 saturated heterocycles. The Morgan fingerprint density at radius 3 is 2.50 bits per heavy atom. The van der Waals surface area contributed by atoms with Gasteiger partial charge in [-0.15, -0.1) is 0 Å². The fraction of sp³-hybridized carbons (Fsp3) is 0.400. The topological polar surface area (TPSA) is 50.7 Å². The van der Waals surface area contributed by atoms with Crippen LogP contribution >= 0.6 is 0 Å². The molecular formula is C20H27NO3. The SMILES string of the molecule is Cc1ccc(C)c(OCCOc2cccc(CNCCO)c2)c1C. The number of aliphatic hydroxyl groups is 1. The molecule has 0 aliphatic heterocycles. The number of aryl methyl sites for hydroxylation is 2. The number of rotatable bonds is 9. The van der Waals surface area contributed by atoms with Gasteiger partial charge >= 0.3 is 0 Å². The minimum atomic E-state index is 0.144. The second kappa shape index (κ2) is 9.30. The first kappa shape index (κ1) is 18.3. The van der Waals surface area contributed by atoms with Crippen LogP contribution in [0.2, 0.25) is 0 Å². The lowest BCUT2D eigenvalue weighted by atomic mass is 10.1. The zero-order valence-corrected chi connectivity index (χ0v) is 14.8. The highest BCUT2D eigenvalue weighted by Crippen LogP contribution is 2.25. The van der Waals surface area contributed by atoms with Crippen LogP contribution in [0.4, 0.5) is 0 Å². The molecule has 0 amide bonds. The van der Waals surface area contributed by atoms with E-state index in [2.05, 4.69) is 38.2 Å². The van der Waals surface area contributed by atoms with Gasteiger partial charge in [-0.1, -0.05) is 24.3 Å². The summed E-state index contributed by atoms with van der Waals surface area (Å²) in [6.07, 6.45) is 0. The first-order valence-corrected chi connectivity index (χ1v) is 8.34. The molecule has 0 fully saturated rings. The van der Waals surface area contributed by atoms with Gasteiger partial charge in [0.25, 0.3) is 0 Å². The van der Waals surface area contributed by atoms with Gasteiger partial charge in [0.2, 0.25) is 0 Å². The second-order valence-corrected chi connectivity index (χ2v) is 5.90. The number of benzene rings is 2. The summed E-state index contributed by atoms with van der Waals surface area (Å²) in [6, 6.07) is 12.2. The number of ether oxygens (including phenoxy) is 2. The number of aliphatic hydroxyl groups excluding tert-OH is 1. The summed E-state index contributed by atoms with van der Waals surface area (Å²) in [4.78, 5) is 0. The van der Waals surface area contributed by atoms with Crippen molar-refractivity contribution in [2.24, 2.45) is 0 Å². The predicted octanol–water partition coefficient (Wildman–Crippen LogP) is 3.15. The fourth-order valence-corrected chi connectivity index (χ4v) is 2.51. The molecule has 0 heterocycles. The van der Waals surface area contributed by atoms with Gasteiger partial charge in [-0.05, 0) is 55.2 Å². The summed E-state index contributed by atoms with van der Waals surface area (Å²) < 4.78 is 11.7. The maximum absolute atomic E-state index is 8.79. The molecule has 4 heteroatoms. The van der Waals surface area contributed by atoms with E-state index in [4.69, 9.17) is 14.6 Å². The van der Waals surface area contributed by atoms with E-state index in [1.807, 2.05) is 24.3 Å². The lowest BCUT2D eigenvalue weighted by Gasteiger charge is -2.14. The Labute approximate surface area is 144 Å². The third-order valence-electron chi connectivity index (χ3n) is 3.99. The van der Waals surface area contributed by atoms with Crippen LogP contribution in [0.5, 0.6) is 11.5 Å². The van der Waals surface area contributed by atoms with Crippen molar-refractivity contribution in [2.75, 3.05) is 26.4 Å². The largest absolute Gasteiger partial charge is 0.490 e. The van der Waals surface area contributed by atoms with E-state index in [1.54, 1.807) is 0 Å². The van der Waals surface area contributed by atoms with Gasteiger partial charge in [-0.25, -0.2) is 0 Å². The third kappa shape index (κ3) is 5.25. The van der Waals surface area contributed by atoms with Gasteiger partial charge in [-0.2, -0.15) is 0 Å². The van der Waals surface area contributed by atoms with Crippen molar-refractivity contribution >= 4 is 0 Å². The van der Waals surface area contributed by atoms with Crippen molar-refractivity contribution in [1.29, 1.82) is 0 Å². The molecular weight excluding hydrogens is 302 g/mol. The highest BCUT2D eigenvalue weighted by atomic mass is 16.5. The Balaban J connectivity index is 1.82. The predicted molar refractivity (Wildman–Crippen MR) is 96.9 cm³/mol. The minimum absolute atomic E-state index is 0.144. The van der Waals surface area contributed by atoms with E-state index in [0.717, 1.165) is 29.2 Å². The summed E-state index contributed by atoms with van der Waals surface area (Å²) in [5.41, 5.74) is 4.70. The molecule has 2 N–H and O–H groups in total. The number of hydrogen-bond donors (Lipinski definition) is 2. The third-order valence-corrected chi connectivity index (χ3v) is 3.99. The van der Waals surface area contributed by atoms with Crippen molar-refractivity contribution in [3.8, 4) is 11.5 Å². The maximum Gasteiger partial charge on any atom is 0.125 e. The van der Waals surface area contributed by atoms with Crippen molar-refractivity contribution in [3.63, 3.8) is 0 Å². The zero-order valence-electron chi connectivity index (χ0n) is 14.8. The molecule has 24 heavy (non-hydrogen) atoms. The average Bonchev–Trinajstić information content (AvgIpc) is 2.58. The first-order chi connectivity index (χ1) is 11.6. The van der Waals surface area contributed by atoms with Crippen molar-refractivity contribution in [2.45, 2.75) is 27.3 Å². The molecule has 130 valence electrons. The van der Waals surface area contributed by atoms with Crippen LogP contribution in [0, 0.1) is 20.8 Å². The van der Waals surface area contributed by atoms with E-state index >= 15 is 0 Å². The Bertz CT molecular complexity index is 655. The molecule has 2 aromatic carbocycles. The highest BCUT2D eigenvalue weighted by Gasteiger charge is 2.06. The lowest BCUT2D eigenvalue weighted by Crippen LogP contribution is -2.17. The normalized spacial score (nSPS) is 10.7. The summed E-state index contributed by atoms with van der Waals surface area (Å²) >= 11 is 0.